The highest BCUT2D eigenvalue weighted by Crippen LogP contribution is 2.37. The van der Waals surface area contributed by atoms with Crippen molar-refractivity contribution in [1.82, 2.24) is 9.78 Å². The molecule has 6 nitrogen and oxygen atoms in total. The van der Waals surface area contributed by atoms with Gasteiger partial charge in [-0.3, -0.25) is 0 Å². The molecule has 3 rings (SSSR count). The Labute approximate surface area is 167 Å². The van der Waals surface area contributed by atoms with E-state index in [2.05, 4.69) is 5.10 Å². The molecule has 0 aliphatic carbocycles. The second-order valence-corrected chi connectivity index (χ2v) is 9.19. The predicted molar refractivity (Wildman–Crippen MR) is 110 cm³/mol. The zero-order valence-corrected chi connectivity index (χ0v) is 18.0. The molecule has 1 saturated heterocycles. The third kappa shape index (κ3) is 3.73. The fourth-order valence-corrected chi connectivity index (χ4v) is 3.05. The minimum atomic E-state index is -0.628. The largest absolute Gasteiger partial charge is 0.499 e. The molecule has 1 aromatic heterocycles. The summed E-state index contributed by atoms with van der Waals surface area (Å²) in [6.07, 6.45) is -0.523. The minimum Gasteiger partial charge on any atom is -0.442 e. The van der Waals surface area contributed by atoms with E-state index < -0.39 is 30.0 Å². The predicted octanol–water partition coefficient (Wildman–Crippen LogP) is 3.94. The van der Waals surface area contributed by atoms with Gasteiger partial charge >= 0.3 is 13.2 Å². The minimum absolute atomic E-state index is 0.494. The van der Waals surface area contributed by atoms with Crippen molar-refractivity contribution >= 4 is 18.7 Å². The van der Waals surface area contributed by atoms with E-state index in [0.717, 1.165) is 11.0 Å². The molecule has 0 atom stereocenters. The highest BCUT2D eigenvalue weighted by atomic mass is 16.7. The number of rotatable bonds is 2. The van der Waals surface area contributed by atoms with Crippen LogP contribution in [0.1, 0.15) is 54.2 Å². The Kier molecular flexibility index (Phi) is 4.96. The summed E-state index contributed by atoms with van der Waals surface area (Å²) in [5.74, 6) is 0. The third-order valence-electron chi connectivity index (χ3n) is 5.27. The zero-order valence-electron chi connectivity index (χ0n) is 18.0. The van der Waals surface area contributed by atoms with Gasteiger partial charge in [0.15, 0.2) is 0 Å². The van der Waals surface area contributed by atoms with Crippen molar-refractivity contribution in [2.75, 3.05) is 0 Å². The highest BCUT2D eigenvalue weighted by Gasteiger charge is 2.53. The number of hydrogen-bond acceptors (Lipinski definition) is 5. The van der Waals surface area contributed by atoms with Gasteiger partial charge < -0.3 is 14.0 Å². The molecule has 0 unspecified atom stereocenters. The van der Waals surface area contributed by atoms with Crippen molar-refractivity contribution in [3.05, 3.63) is 36.0 Å². The summed E-state index contributed by atoms with van der Waals surface area (Å²) in [4.78, 5) is 12.7. The van der Waals surface area contributed by atoms with Crippen LogP contribution in [0.25, 0.3) is 11.3 Å². The number of carbonyl (C=O) groups is 1. The maximum Gasteiger partial charge on any atom is 0.499 e. The first-order valence-corrected chi connectivity index (χ1v) is 9.56. The summed E-state index contributed by atoms with van der Waals surface area (Å²) >= 11 is 0. The second-order valence-electron chi connectivity index (χ2n) is 9.19. The van der Waals surface area contributed by atoms with Crippen molar-refractivity contribution in [3.8, 4) is 11.3 Å². The number of benzene rings is 1. The Morgan fingerprint density at radius 1 is 1.07 bits per heavy atom. The van der Waals surface area contributed by atoms with Crippen molar-refractivity contribution in [2.24, 2.45) is 0 Å². The number of aromatic nitrogens is 2. The van der Waals surface area contributed by atoms with Gasteiger partial charge in [-0.05, 0) is 55.4 Å². The summed E-state index contributed by atoms with van der Waals surface area (Å²) < 4.78 is 19.4. The highest BCUT2D eigenvalue weighted by molar-refractivity contribution is 6.64. The lowest BCUT2D eigenvalue weighted by Gasteiger charge is -2.32. The maximum atomic E-state index is 12.7. The molecule has 2 heterocycles. The SMILES string of the molecule is Cc1c(B2OC(C)(C)C(C)(C)O2)c(-c2ccccc2)nn1C(=O)OC(C)(C)C. The molecule has 7 heteroatoms. The van der Waals surface area contributed by atoms with Crippen molar-refractivity contribution in [2.45, 2.75) is 72.2 Å². The molecule has 2 aromatic rings. The van der Waals surface area contributed by atoms with Crippen molar-refractivity contribution in [3.63, 3.8) is 0 Å². The number of ether oxygens (including phenoxy) is 1. The molecule has 0 spiro atoms. The van der Waals surface area contributed by atoms with Gasteiger partial charge in [0.25, 0.3) is 0 Å². The average molecular weight is 384 g/mol. The molecule has 1 aromatic carbocycles. The lowest BCUT2D eigenvalue weighted by molar-refractivity contribution is 0.00578. The van der Waals surface area contributed by atoms with Crippen LogP contribution >= 0.6 is 0 Å². The number of hydrogen-bond donors (Lipinski definition) is 0. The Balaban J connectivity index is 2.12. The van der Waals surface area contributed by atoms with E-state index in [1.165, 1.54) is 4.68 Å². The van der Waals surface area contributed by atoms with Gasteiger partial charge in [0, 0.05) is 16.7 Å². The monoisotopic (exact) mass is 384 g/mol. The maximum absolute atomic E-state index is 12.7. The second kappa shape index (κ2) is 6.74. The number of carbonyl (C=O) groups excluding carboxylic acids is 1. The normalized spacial score (nSPS) is 18.4. The lowest BCUT2D eigenvalue weighted by atomic mass is 9.76. The molecular weight excluding hydrogens is 355 g/mol. The van der Waals surface area contributed by atoms with Gasteiger partial charge in [-0.15, -0.1) is 0 Å². The van der Waals surface area contributed by atoms with E-state index >= 15 is 0 Å². The first-order chi connectivity index (χ1) is 12.8. The quantitative estimate of drug-likeness (QED) is 0.734. The smallest absolute Gasteiger partial charge is 0.442 e. The van der Waals surface area contributed by atoms with Crippen LogP contribution in [-0.2, 0) is 14.0 Å². The summed E-state index contributed by atoms with van der Waals surface area (Å²) in [5, 5.41) is 4.59. The molecule has 0 N–H and O–H groups in total. The Morgan fingerprint density at radius 2 is 1.61 bits per heavy atom. The van der Waals surface area contributed by atoms with Gasteiger partial charge in [0.1, 0.15) is 5.60 Å². The van der Waals surface area contributed by atoms with Gasteiger partial charge in [-0.2, -0.15) is 9.78 Å². The van der Waals surface area contributed by atoms with E-state index in [-0.39, 0.29) is 0 Å². The standard InChI is InChI=1S/C21H29BN2O4/c1-14-16(22-27-20(5,6)21(7,8)28-22)17(15-12-10-9-11-13-15)23-24(14)18(25)26-19(2,3)4/h9-13H,1-8H3. The molecule has 28 heavy (non-hydrogen) atoms. The van der Waals surface area contributed by atoms with Crippen LogP contribution in [0.3, 0.4) is 0 Å². The summed E-state index contributed by atoms with van der Waals surface area (Å²) in [5.41, 5.74) is 1.33. The first kappa shape index (κ1) is 20.6. The van der Waals surface area contributed by atoms with Gasteiger partial charge in [-0.25, -0.2) is 4.79 Å². The fraction of sp³-hybridized carbons (Fsp3) is 0.524. The molecule has 0 saturated carbocycles. The van der Waals surface area contributed by atoms with Crippen LogP contribution in [-0.4, -0.2) is 39.8 Å². The van der Waals surface area contributed by atoms with E-state index in [9.17, 15) is 4.79 Å². The molecule has 1 fully saturated rings. The average Bonchev–Trinajstić information content (AvgIpc) is 3.00. The summed E-state index contributed by atoms with van der Waals surface area (Å²) in [6, 6.07) is 9.72. The van der Waals surface area contributed by atoms with Gasteiger partial charge in [0.2, 0.25) is 0 Å². The van der Waals surface area contributed by atoms with Crippen LogP contribution < -0.4 is 5.46 Å². The van der Waals surface area contributed by atoms with Gasteiger partial charge in [0.05, 0.1) is 16.9 Å². The van der Waals surface area contributed by atoms with Crippen molar-refractivity contribution < 1.29 is 18.8 Å². The molecule has 1 aliphatic heterocycles. The van der Waals surface area contributed by atoms with Crippen LogP contribution in [0.2, 0.25) is 0 Å². The van der Waals surface area contributed by atoms with Crippen LogP contribution in [0.15, 0.2) is 30.3 Å². The van der Waals surface area contributed by atoms with Crippen molar-refractivity contribution in [1.29, 1.82) is 0 Å². The third-order valence-corrected chi connectivity index (χ3v) is 5.27. The molecular formula is C21H29BN2O4. The Morgan fingerprint density at radius 3 is 2.11 bits per heavy atom. The van der Waals surface area contributed by atoms with Crippen LogP contribution in [0.5, 0.6) is 0 Å². The zero-order chi connectivity index (χ0) is 20.9. The molecule has 150 valence electrons. The Bertz CT molecular complexity index is 866. The molecule has 1 aliphatic rings. The fourth-order valence-electron chi connectivity index (χ4n) is 3.05. The lowest BCUT2D eigenvalue weighted by Crippen LogP contribution is -2.41. The van der Waals surface area contributed by atoms with Gasteiger partial charge in [-0.1, -0.05) is 30.3 Å². The van der Waals surface area contributed by atoms with Crippen LogP contribution in [0.4, 0.5) is 4.79 Å². The molecule has 0 amide bonds. The Hall–Kier alpha value is -2.12. The topological polar surface area (TPSA) is 62.6 Å². The first-order valence-electron chi connectivity index (χ1n) is 9.56. The van der Waals surface area contributed by atoms with E-state index in [4.69, 9.17) is 14.0 Å². The summed E-state index contributed by atoms with van der Waals surface area (Å²) in [7, 11) is -0.628. The van der Waals surface area contributed by atoms with E-state index in [1.807, 2.05) is 85.7 Å². The molecule has 0 radical (unpaired) electrons. The van der Waals surface area contributed by atoms with Crippen LogP contribution in [0, 0.1) is 6.92 Å². The number of nitrogens with zero attached hydrogens (tertiary/aromatic N) is 2. The summed E-state index contributed by atoms with van der Waals surface area (Å²) in [6.45, 7) is 15.3. The van der Waals surface area contributed by atoms with E-state index in [0.29, 0.717) is 11.4 Å². The van der Waals surface area contributed by atoms with E-state index in [1.54, 1.807) is 0 Å². The molecule has 0 bridgehead atoms.